The van der Waals surface area contributed by atoms with Crippen LogP contribution in [0.1, 0.15) is 0 Å². The Hall–Kier alpha value is -3.23. The second-order valence-corrected chi connectivity index (χ2v) is 7.53. The fourth-order valence-corrected chi connectivity index (χ4v) is 3.92. The van der Waals surface area contributed by atoms with Crippen LogP contribution in [0.25, 0.3) is 15.9 Å². The molecule has 0 aliphatic carbocycles. The number of nitrogens with one attached hydrogen (secondary N) is 1. The standard InChI is InChI=1S/C20H13ClFN3O3S/c21-12-4-6-15(7-5-12)25-19(27)18-16(8-9-29-18)24(20(25)28)11-17(26)23-14-3-1-2-13(22)10-14/h1-10H,11H2,(H,23,26). The molecule has 4 rings (SSSR count). The molecule has 0 aliphatic rings. The van der Waals surface area contributed by atoms with E-state index in [1.54, 1.807) is 41.8 Å². The number of hydrogen-bond acceptors (Lipinski definition) is 4. The van der Waals surface area contributed by atoms with Gasteiger partial charge in [-0.2, -0.15) is 0 Å². The van der Waals surface area contributed by atoms with E-state index < -0.39 is 23.0 Å². The van der Waals surface area contributed by atoms with Gasteiger partial charge >= 0.3 is 5.69 Å². The van der Waals surface area contributed by atoms with Crippen molar-refractivity contribution >= 4 is 44.7 Å². The summed E-state index contributed by atoms with van der Waals surface area (Å²) in [4.78, 5) is 38.4. The van der Waals surface area contributed by atoms with Crippen LogP contribution in [0.4, 0.5) is 10.1 Å². The number of rotatable bonds is 4. The SMILES string of the molecule is O=C(Cn1c(=O)n(-c2ccc(Cl)cc2)c(=O)c2sccc21)Nc1cccc(F)c1. The molecular weight excluding hydrogens is 417 g/mol. The first-order chi connectivity index (χ1) is 13.9. The summed E-state index contributed by atoms with van der Waals surface area (Å²) in [6.45, 7) is -0.337. The van der Waals surface area contributed by atoms with Crippen molar-refractivity contribution in [2.24, 2.45) is 0 Å². The Morgan fingerprint density at radius 2 is 1.86 bits per heavy atom. The number of benzene rings is 2. The number of nitrogens with zero attached hydrogens (tertiary/aromatic N) is 2. The number of carbonyl (C=O) groups excluding carboxylic acids is 1. The Labute approximate surface area is 172 Å². The average Bonchev–Trinajstić information content (AvgIpc) is 3.17. The van der Waals surface area contributed by atoms with Gasteiger partial charge < -0.3 is 5.32 Å². The van der Waals surface area contributed by atoms with E-state index in [0.29, 0.717) is 20.9 Å². The van der Waals surface area contributed by atoms with Gasteiger partial charge in [-0.3, -0.25) is 14.2 Å². The van der Waals surface area contributed by atoms with Crippen LogP contribution >= 0.6 is 22.9 Å². The highest BCUT2D eigenvalue weighted by Gasteiger charge is 2.17. The van der Waals surface area contributed by atoms with Gasteiger partial charge in [0.15, 0.2) is 0 Å². The molecule has 2 heterocycles. The second-order valence-electron chi connectivity index (χ2n) is 6.18. The van der Waals surface area contributed by atoms with Gasteiger partial charge in [0.1, 0.15) is 17.1 Å². The number of carbonyl (C=O) groups is 1. The lowest BCUT2D eigenvalue weighted by atomic mass is 10.3. The van der Waals surface area contributed by atoms with Gasteiger partial charge in [0.25, 0.3) is 5.56 Å². The van der Waals surface area contributed by atoms with Gasteiger partial charge in [0.05, 0.1) is 11.2 Å². The number of thiophene rings is 1. The molecule has 1 N–H and O–H groups in total. The van der Waals surface area contributed by atoms with Crippen LogP contribution in [-0.4, -0.2) is 15.0 Å². The molecule has 0 saturated carbocycles. The predicted molar refractivity (Wildman–Crippen MR) is 112 cm³/mol. The highest BCUT2D eigenvalue weighted by Crippen LogP contribution is 2.18. The molecular formula is C20H13ClFN3O3S. The van der Waals surface area contributed by atoms with Crippen LogP contribution in [0.5, 0.6) is 0 Å². The summed E-state index contributed by atoms with van der Waals surface area (Å²) in [5.74, 6) is -1.01. The number of fused-ring (bicyclic) bond motifs is 1. The minimum absolute atomic E-state index is 0.274. The smallest absolute Gasteiger partial charge is 0.324 e. The van der Waals surface area contributed by atoms with Gasteiger partial charge in [-0.1, -0.05) is 17.7 Å². The highest BCUT2D eigenvalue weighted by atomic mass is 35.5. The molecule has 4 aromatic rings. The summed E-state index contributed by atoms with van der Waals surface area (Å²) in [5, 5.41) is 4.70. The lowest BCUT2D eigenvalue weighted by Gasteiger charge is -2.12. The number of hydrogen-bond donors (Lipinski definition) is 1. The zero-order valence-corrected chi connectivity index (χ0v) is 16.3. The van der Waals surface area contributed by atoms with E-state index in [9.17, 15) is 18.8 Å². The Balaban J connectivity index is 1.79. The lowest BCUT2D eigenvalue weighted by molar-refractivity contribution is -0.116. The average molecular weight is 430 g/mol. The summed E-state index contributed by atoms with van der Waals surface area (Å²) in [7, 11) is 0. The second kappa shape index (κ2) is 7.65. The third kappa shape index (κ3) is 3.72. The molecule has 29 heavy (non-hydrogen) atoms. The maximum atomic E-state index is 13.3. The van der Waals surface area contributed by atoms with Gasteiger partial charge in [-0.05, 0) is 53.9 Å². The minimum Gasteiger partial charge on any atom is -0.324 e. The summed E-state index contributed by atoms with van der Waals surface area (Å²) >= 11 is 7.08. The first-order valence-corrected chi connectivity index (χ1v) is 9.74. The van der Waals surface area contributed by atoms with Crippen LogP contribution < -0.4 is 16.6 Å². The van der Waals surface area contributed by atoms with E-state index in [1.165, 1.54) is 34.1 Å². The molecule has 0 unspecified atom stereocenters. The first kappa shape index (κ1) is 19.1. The molecule has 1 amide bonds. The minimum atomic E-state index is -0.655. The molecule has 6 nitrogen and oxygen atoms in total. The van der Waals surface area contributed by atoms with Gasteiger partial charge in [-0.25, -0.2) is 13.8 Å². The maximum absolute atomic E-state index is 13.3. The third-order valence-electron chi connectivity index (χ3n) is 4.25. The molecule has 2 aromatic carbocycles. The van der Waals surface area contributed by atoms with Crippen LogP contribution in [0.2, 0.25) is 5.02 Å². The Morgan fingerprint density at radius 3 is 2.59 bits per heavy atom. The molecule has 9 heteroatoms. The Kier molecular flexibility index (Phi) is 5.04. The number of anilines is 1. The molecule has 0 radical (unpaired) electrons. The Bertz CT molecular complexity index is 1340. The number of halogens is 2. The largest absolute Gasteiger partial charge is 0.336 e. The van der Waals surface area contributed by atoms with E-state index in [2.05, 4.69) is 5.32 Å². The van der Waals surface area contributed by atoms with Gasteiger partial charge in [0.2, 0.25) is 5.91 Å². The maximum Gasteiger partial charge on any atom is 0.336 e. The number of aromatic nitrogens is 2. The highest BCUT2D eigenvalue weighted by molar-refractivity contribution is 7.17. The fourth-order valence-electron chi connectivity index (χ4n) is 2.97. The number of amides is 1. The van der Waals surface area contributed by atoms with Crippen molar-refractivity contribution in [3.05, 3.63) is 91.7 Å². The van der Waals surface area contributed by atoms with Crippen molar-refractivity contribution in [1.29, 1.82) is 0 Å². The normalized spacial score (nSPS) is 11.0. The topological polar surface area (TPSA) is 73.1 Å². The van der Waals surface area contributed by atoms with Crippen LogP contribution in [0.15, 0.2) is 69.6 Å². The molecule has 0 saturated heterocycles. The molecule has 0 fully saturated rings. The lowest BCUT2D eigenvalue weighted by Crippen LogP contribution is -2.40. The first-order valence-electron chi connectivity index (χ1n) is 8.48. The van der Waals surface area contributed by atoms with E-state index in [0.717, 1.165) is 4.57 Å². The molecule has 146 valence electrons. The summed E-state index contributed by atoms with van der Waals surface area (Å²) in [5.41, 5.74) is -0.138. The fraction of sp³-hybridized carbons (Fsp3) is 0.0500. The van der Waals surface area contributed by atoms with Crippen molar-refractivity contribution in [1.82, 2.24) is 9.13 Å². The Morgan fingerprint density at radius 1 is 1.10 bits per heavy atom. The zero-order valence-electron chi connectivity index (χ0n) is 14.8. The van der Waals surface area contributed by atoms with E-state index in [4.69, 9.17) is 11.6 Å². The van der Waals surface area contributed by atoms with Crippen molar-refractivity contribution in [2.75, 3.05) is 5.32 Å². The predicted octanol–water partition coefficient (Wildman–Crippen LogP) is 3.65. The summed E-state index contributed by atoms with van der Waals surface area (Å²) in [6.07, 6.45) is 0. The monoisotopic (exact) mass is 429 g/mol. The van der Waals surface area contributed by atoms with E-state index >= 15 is 0 Å². The van der Waals surface area contributed by atoms with Gasteiger partial charge in [0, 0.05) is 10.7 Å². The van der Waals surface area contributed by atoms with Crippen LogP contribution in [0, 0.1) is 5.82 Å². The molecule has 0 atom stereocenters. The third-order valence-corrected chi connectivity index (χ3v) is 5.39. The van der Waals surface area contributed by atoms with Crippen molar-refractivity contribution in [3.8, 4) is 5.69 Å². The molecule has 0 aliphatic heterocycles. The van der Waals surface area contributed by atoms with Gasteiger partial charge in [-0.15, -0.1) is 11.3 Å². The quantitative estimate of drug-likeness (QED) is 0.538. The molecule has 0 bridgehead atoms. The zero-order chi connectivity index (χ0) is 20.5. The molecule has 0 spiro atoms. The van der Waals surface area contributed by atoms with E-state index in [-0.39, 0.29) is 12.2 Å². The molecule has 2 aromatic heterocycles. The summed E-state index contributed by atoms with van der Waals surface area (Å²) in [6, 6.07) is 13.3. The van der Waals surface area contributed by atoms with Crippen molar-refractivity contribution in [3.63, 3.8) is 0 Å². The van der Waals surface area contributed by atoms with E-state index in [1.807, 2.05) is 0 Å². The van der Waals surface area contributed by atoms with Crippen molar-refractivity contribution in [2.45, 2.75) is 6.54 Å². The summed E-state index contributed by atoms with van der Waals surface area (Å²) < 4.78 is 15.9. The van der Waals surface area contributed by atoms with Crippen molar-refractivity contribution < 1.29 is 9.18 Å². The van der Waals surface area contributed by atoms with Crippen LogP contribution in [-0.2, 0) is 11.3 Å². The van der Waals surface area contributed by atoms with Crippen LogP contribution in [0.3, 0.4) is 0 Å².